The fourth-order valence-electron chi connectivity index (χ4n) is 1.80. The number of rotatable bonds is 4. The topological polar surface area (TPSA) is 106 Å². The van der Waals surface area contributed by atoms with Crippen molar-refractivity contribution >= 4 is 11.6 Å². The Morgan fingerprint density at radius 3 is 2.89 bits per heavy atom. The monoisotopic (exact) mass is 263 g/mol. The van der Waals surface area contributed by atoms with Crippen molar-refractivity contribution in [2.75, 3.05) is 12.8 Å². The Hall–Kier alpha value is -2.38. The van der Waals surface area contributed by atoms with Crippen LogP contribution in [0.1, 0.15) is 29.1 Å². The summed E-state index contributed by atoms with van der Waals surface area (Å²) < 4.78 is 1.58. The summed E-state index contributed by atoms with van der Waals surface area (Å²) in [6.45, 7) is 4.62. The average molecular weight is 263 g/mol. The van der Waals surface area contributed by atoms with E-state index in [1.807, 2.05) is 13.8 Å². The van der Waals surface area contributed by atoms with Gasteiger partial charge in [-0.3, -0.25) is 14.6 Å². The molecule has 0 aliphatic rings. The van der Waals surface area contributed by atoms with Crippen LogP contribution in [0.4, 0.5) is 5.69 Å². The van der Waals surface area contributed by atoms with Gasteiger partial charge in [-0.2, -0.15) is 10.2 Å². The number of amides is 1. The maximum Gasteiger partial charge on any atom is 0.274 e. The number of nitrogens with zero attached hydrogens (tertiary/aromatic N) is 5. The van der Waals surface area contributed by atoms with Crippen LogP contribution in [-0.4, -0.2) is 42.8 Å². The molecule has 0 unspecified atom stereocenters. The smallest absolute Gasteiger partial charge is 0.274 e. The van der Waals surface area contributed by atoms with E-state index >= 15 is 0 Å². The first-order valence-corrected chi connectivity index (χ1v) is 5.97. The van der Waals surface area contributed by atoms with Crippen molar-refractivity contribution in [3.8, 4) is 0 Å². The molecule has 2 aromatic heterocycles. The molecule has 0 spiro atoms. The van der Waals surface area contributed by atoms with E-state index in [9.17, 15) is 4.79 Å². The van der Waals surface area contributed by atoms with Crippen LogP contribution in [0.5, 0.6) is 0 Å². The number of nitrogen functional groups attached to an aromatic ring is 1. The first-order chi connectivity index (χ1) is 9.02. The summed E-state index contributed by atoms with van der Waals surface area (Å²) in [6.07, 6.45) is 1.49. The first-order valence-electron chi connectivity index (χ1n) is 5.97. The molecule has 0 bridgehead atoms. The Kier molecular flexibility index (Phi) is 3.50. The predicted octanol–water partition coefficient (Wildman–Crippen LogP) is 0.184. The maximum atomic E-state index is 12.3. The molecule has 2 rings (SSSR count). The van der Waals surface area contributed by atoms with Gasteiger partial charge in [0, 0.05) is 13.6 Å². The van der Waals surface area contributed by atoms with Gasteiger partial charge >= 0.3 is 0 Å². The van der Waals surface area contributed by atoms with Crippen molar-refractivity contribution < 1.29 is 4.79 Å². The van der Waals surface area contributed by atoms with Gasteiger partial charge in [0.2, 0.25) is 0 Å². The highest BCUT2D eigenvalue weighted by Crippen LogP contribution is 2.14. The number of nitrogens with two attached hydrogens (primary N) is 1. The molecule has 0 fully saturated rings. The van der Waals surface area contributed by atoms with Crippen LogP contribution in [0, 0.1) is 6.92 Å². The highest BCUT2D eigenvalue weighted by molar-refractivity contribution is 5.97. The summed E-state index contributed by atoms with van der Waals surface area (Å²) in [6, 6.07) is 0. The number of carbonyl (C=O) groups is 1. The molecule has 3 N–H and O–H groups in total. The van der Waals surface area contributed by atoms with Crippen LogP contribution in [0.25, 0.3) is 0 Å². The van der Waals surface area contributed by atoms with Crippen molar-refractivity contribution in [2.24, 2.45) is 0 Å². The molecule has 19 heavy (non-hydrogen) atoms. The minimum Gasteiger partial charge on any atom is -0.396 e. The molecule has 0 aromatic carbocycles. The Bertz CT molecular complexity index is 586. The lowest BCUT2D eigenvalue weighted by Gasteiger charge is -2.16. The van der Waals surface area contributed by atoms with Crippen LogP contribution < -0.4 is 5.73 Å². The zero-order valence-corrected chi connectivity index (χ0v) is 11.2. The van der Waals surface area contributed by atoms with Crippen molar-refractivity contribution in [3.63, 3.8) is 0 Å². The van der Waals surface area contributed by atoms with Gasteiger partial charge in [-0.1, -0.05) is 0 Å². The average Bonchev–Trinajstić information content (AvgIpc) is 2.94. The fourth-order valence-corrected chi connectivity index (χ4v) is 1.80. The van der Waals surface area contributed by atoms with Gasteiger partial charge in [0.05, 0.1) is 18.4 Å². The molecular weight excluding hydrogens is 246 g/mol. The van der Waals surface area contributed by atoms with E-state index in [2.05, 4.69) is 20.3 Å². The number of aryl methyl sites for hydroxylation is 2. The van der Waals surface area contributed by atoms with E-state index in [-0.39, 0.29) is 5.91 Å². The van der Waals surface area contributed by atoms with E-state index in [1.165, 1.54) is 11.1 Å². The molecule has 0 radical (unpaired) electrons. The van der Waals surface area contributed by atoms with E-state index < -0.39 is 0 Å². The highest BCUT2D eigenvalue weighted by Gasteiger charge is 2.21. The van der Waals surface area contributed by atoms with Crippen LogP contribution in [0.15, 0.2) is 6.20 Å². The van der Waals surface area contributed by atoms with Crippen molar-refractivity contribution in [1.29, 1.82) is 0 Å². The third-order valence-corrected chi connectivity index (χ3v) is 2.74. The molecule has 8 heteroatoms. The summed E-state index contributed by atoms with van der Waals surface area (Å²) in [5, 5.41) is 10.8. The van der Waals surface area contributed by atoms with Gasteiger partial charge in [0.15, 0.2) is 5.82 Å². The van der Waals surface area contributed by atoms with Gasteiger partial charge < -0.3 is 10.6 Å². The van der Waals surface area contributed by atoms with Gasteiger partial charge in [-0.05, 0) is 13.8 Å². The Labute approximate surface area is 110 Å². The number of aromatic nitrogens is 5. The Balaban J connectivity index is 2.16. The molecule has 8 nitrogen and oxygen atoms in total. The summed E-state index contributed by atoms with van der Waals surface area (Å²) in [5.41, 5.74) is 6.56. The zero-order chi connectivity index (χ0) is 14.0. The molecule has 0 atom stereocenters. The highest BCUT2D eigenvalue weighted by atomic mass is 16.2. The number of nitrogens with one attached hydrogen (secondary N) is 1. The molecule has 0 aliphatic heterocycles. The third kappa shape index (κ3) is 2.56. The maximum absolute atomic E-state index is 12.3. The molecule has 1 amide bonds. The number of anilines is 1. The van der Waals surface area contributed by atoms with Gasteiger partial charge in [0.25, 0.3) is 5.91 Å². The van der Waals surface area contributed by atoms with E-state index in [1.54, 1.807) is 11.7 Å². The van der Waals surface area contributed by atoms with Crippen LogP contribution >= 0.6 is 0 Å². The predicted molar refractivity (Wildman–Crippen MR) is 69.2 cm³/mol. The SMILES string of the molecule is CCn1ncc(N)c1C(=O)N(C)Cc1n[nH]c(C)n1. The van der Waals surface area contributed by atoms with Crippen LogP contribution in [0.3, 0.4) is 0 Å². The second-order valence-electron chi connectivity index (χ2n) is 4.26. The van der Waals surface area contributed by atoms with E-state index in [0.717, 1.165) is 0 Å². The molecule has 2 heterocycles. The number of hydrogen-bond donors (Lipinski definition) is 2. The number of carbonyl (C=O) groups excluding carboxylic acids is 1. The summed E-state index contributed by atoms with van der Waals surface area (Å²) >= 11 is 0. The van der Waals surface area contributed by atoms with E-state index in [0.29, 0.717) is 36.1 Å². The summed E-state index contributed by atoms with van der Waals surface area (Å²) in [5.74, 6) is 1.09. The normalized spacial score (nSPS) is 10.7. The summed E-state index contributed by atoms with van der Waals surface area (Å²) in [7, 11) is 1.68. The molecule has 102 valence electrons. The lowest BCUT2D eigenvalue weighted by Crippen LogP contribution is -2.29. The van der Waals surface area contributed by atoms with Gasteiger partial charge in [-0.25, -0.2) is 4.98 Å². The second kappa shape index (κ2) is 5.09. The number of H-pyrrole nitrogens is 1. The third-order valence-electron chi connectivity index (χ3n) is 2.74. The van der Waals surface area contributed by atoms with E-state index in [4.69, 9.17) is 5.73 Å². The zero-order valence-electron chi connectivity index (χ0n) is 11.2. The minimum atomic E-state index is -0.195. The van der Waals surface area contributed by atoms with Crippen molar-refractivity contribution in [1.82, 2.24) is 29.9 Å². The Morgan fingerprint density at radius 1 is 1.58 bits per heavy atom. The van der Waals surface area contributed by atoms with Gasteiger partial charge in [-0.15, -0.1) is 0 Å². The molecule has 2 aromatic rings. The van der Waals surface area contributed by atoms with Crippen molar-refractivity contribution in [3.05, 3.63) is 23.5 Å². The molecular formula is C11H17N7O. The Morgan fingerprint density at radius 2 is 2.32 bits per heavy atom. The minimum absolute atomic E-state index is 0.195. The van der Waals surface area contributed by atoms with Crippen LogP contribution in [0.2, 0.25) is 0 Å². The second-order valence-corrected chi connectivity index (χ2v) is 4.26. The standard InChI is InChI=1S/C11H17N7O/c1-4-18-10(8(12)5-13-18)11(19)17(3)6-9-14-7(2)15-16-9/h5H,4,6,12H2,1-3H3,(H,14,15,16). The lowest BCUT2D eigenvalue weighted by molar-refractivity contribution is 0.0770. The number of aromatic amines is 1. The first kappa shape index (κ1) is 13.1. The molecule has 0 aliphatic carbocycles. The van der Waals surface area contributed by atoms with Gasteiger partial charge in [0.1, 0.15) is 11.5 Å². The molecule has 0 saturated heterocycles. The van der Waals surface area contributed by atoms with Crippen molar-refractivity contribution in [2.45, 2.75) is 26.9 Å². The quantitative estimate of drug-likeness (QED) is 0.818. The van der Waals surface area contributed by atoms with Crippen LogP contribution in [-0.2, 0) is 13.1 Å². The molecule has 0 saturated carbocycles. The summed E-state index contributed by atoms with van der Waals surface area (Å²) in [4.78, 5) is 18.0. The largest absolute Gasteiger partial charge is 0.396 e. The number of hydrogen-bond acceptors (Lipinski definition) is 5. The fraction of sp³-hybridized carbons (Fsp3) is 0.455. The lowest BCUT2D eigenvalue weighted by atomic mass is 10.3.